The van der Waals surface area contributed by atoms with E-state index in [1.54, 1.807) is 24.1 Å². The number of carbonyl (C=O) groups excluding carboxylic acids is 2. The molecule has 10 heteroatoms. The number of nitro groups is 1. The van der Waals surface area contributed by atoms with Gasteiger partial charge in [-0.25, -0.2) is 0 Å². The lowest BCUT2D eigenvalue weighted by Crippen LogP contribution is -2.53. The van der Waals surface area contributed by atoms with Crippen molar-refractivity contribution in [3.8, 4) is 0 Å². The lowest BCUT2D eigenvalue weighted by atomic mass is 10.1. The molecule has 0 spiro atoms. The van der Waals surface area contributed by atoms with Gasteiger partial charge in [0.15, 0.2) is 0 Å². The third kappa shape index (κ3) is 6.51. The highest BCUT2D eigenvalue weighted by Crippen LogP contribution is 2.28. The normalized spacial score (nSPS) is 19.9. The van der Waals surface area contributed by atoms with Crippen LogP contribution in [0.2, 0.25) is 0 Å². The van der Waals surface area contributed by atoms with Crippen molar-refractivity contribution in [2.45, 2.75) is 32.0 Å². The van der Waals surface area contributed by atoms with Gasteiger partial charge in [0.25, 0.3) is 11.6 Å². The van der Waals surface area contributed by atoms with Gasteiger partial charge in [-0.2, -0.15) is 0 Å². The highest BCUT2D eigenvalue weighted by atomic mass is 16.6. The van der Waals surface area contributed by atoms with E-state index in [9.17, 15) is 19.7 Å². The number of nitrogens with zero attached hydrogens (tertiary/aromatic N) is 4. The molecular weight excluding hydrogens is 474 g/mol. The van der Waals surface area contributed by atoms with Gasteiger partial charge >= 0.3 is 0 Å². The molecule has 2 amide bonds. The molecule has 2 heterocycles. The summed E-state index contributed by atoms with van der Waals surface area (Å²) in [6.45, 7) is 6.78. The predicted octanol–water partition coefficient (Wildman–Crippen LogP) is 2.07. The van der Waals surface area contributed by atoms with Gasteiger partial charge in [-0.15, -0.1) is 0 Å². The summed E-state index contributed by atoms with van der Waals surface area (Å²) in [5.74, 6) is -0.149. The van der Waals surface area contributed by atoms with E-state index in [2.05, 4.69) is 10.2 Å². The van der Waals surface area contributed by atoms with Gasteiger partial charge in [0, 0.05) is 76.7 Å². The number of hydrogen-bond donors (Lipinski definition) is 1. The van der Waals surface area contributed by atoms with Crippen LogP contribution in [0.5, 0.6) is 0 Å². The first-order valence-electron chi connectivity index (χ1n) is 12.7. The van der Waals surface area contributed by atoms with Crippen LogP contribution >= 0.6 is 0 Å². The Morgan fingerprint density at radius 3 is 2.41 bits per heavy atom. The van der Waals surface area contributed by atoms with Gasteiger partial charge in [0.05, 0.1) is 11.5 Å². The van der Waals surface area contributed by atoms with Gasteiger partial charge in [-0.1, -0.05) is 29.8 Å². The van der Waals surface area contributed by atoms with Crippen LogP contribution in [0.4, 0.5) is 5.69 Å². The number of non-ortho nitro benzene ring substituents is 1. The second kappa shape index (κ2) is 12.3. The summed E-state index contributed by atoms with van der Waals surface area (Å²) in [4.78, 5) is 43.7. The molecule has 0 bridgehead atoms. The maximum atomic E-state index is 13.6. The zero-order chi connectivity index (χ0) is 26.4. The van der Waals surface area contributed by atoms with Gasteiger partial charge in [-0.3, -0.25) is 24.6 Å². The Morgan fingerprint density at radius 2 is 1.78 bits per heavy atom. The first kappa shape index (κ1) is 26.7. The van der Waals surface area contributed by atoms with Crippen molar-refractivity contribution in [3.05, 3.63) is 75.3 Å². The molecule has 10 nitrogen and oxygen atoms in total. The maximum Gasteiger partial charge on any atom is 0.269 e. The fourth-order valence-electron chi connectivity index (χ4n) is 5.05. The zero-order valence-corrected chi connectivity index (χ0v) is 21.5. The van der Waals surface area contributed by atoms with Gasteiger partial charge in [0.2, 0.25) is 5.91 Å². The summed E-state index contributed by atoms with van der Waals surface area (Å²) in [6.07, 6.45) is 0.525. The predicted molar refractivity (Wildman–Crippen MR) is 139 cm³/mol. The Labute approximate surface area is 217 Å². The van der Waals surface area contributed by atoms with Gasteiger partial charge in [-0.05, 0) is 31.0 Å². The second-order valence-corrected chi connectivity index (χ2v) is 9.69. The number of methoxy groups -OCH3 is 1. The Morgan fingerprint density at radius 1 is 1.11 bits per heavy atom. The number of nitrogens with one attached hydrogen (secondary N) is 1. The quantitative estimate of drug-likeness (QED) is 0.407. The van der Waals surface area contributed by atoms with E-state index in [-0.39, 0.29) is 23.5 Å². The fourth-order valence-corrected chi connectivity index (χ4v) is 5.05. The lowest BCUT2D eigenvalue weighted by Gasteiger charge is -2.32. The van der Waals surface area contributed by atoms with Gasteiger partial charge < -0.3 is 19.9 Å². The van der Waals surface area contributed by atoms with Crippen LogP contribution in [-0.2, 0) is 16.1 Å². The van der Waals surface area contributed by atoms with Crippen LogP contribution in [0.25, 0.3) is 0 Å². The SMILES string of the molecule is COCCN(Cc1ccc([N+](=O)[O-])cc1)C1CC(C(=O)N2CCNCC2)N(C(=O)c2ccc(C)cc2)C1. The van der Waals surface area contributed by atoms with E-state index in [1.165, 1.54) is 12.1 Å². The molecule has 198 valence electrons. The molecule has 2 aromatic carbocycles. The number of aryl methyl sites for hydroxylation is 1. The standard InChI is InChI=1S/C27H35N5O5/c1-20-3-7-22(8-4-20)26(33)31-19-24(17-25(31)27(34)29-13-11-28-12-14-29)30(15-16-37-2)18-21-5-9-23(10-6-21)32(35)36/h3-10,24-25,28H,11-19H2,1-2H3. The van der Waals surface area contributed by atoms with Crippen LogP contribution in [-0.4, -0.2) is 96.5 Å². The minimum Gasteiger partial charge on any atom is -0.383 e. The molecule has 2 aromatic rings. The molecule has 0 aliphatic carbocycles. The number of likely N-dealkylation sites (tertiary alicyclic amines) is 1. The third-order valence-electron chi connectivity index (χ3n) is 7.18. The minimum atomic E-state index is -0.543. The molecule has 0 aromatic heterocycles. The summed E-state index contributed by atoms with van der Waals surface area (Å²) in [5, 5.41) is 14.3. The molecule has 4 rings (SSSR count). The smallest absolute Gasteiger partial charge is 0.269 e. The zero-order valence-electron chi connectivity index (χ0n) is 21.5. The van der Waals surface area contributed by atoms with Crippen molar-refractivity contribution in [1.29, 1.82) is 0 Å². The van der Waals surface area contributed by atoms with Crippen LogP contribution < -0.4 is 5.32 Å². The number of nitro benzene ring substituents is 1. The van der Waals surface area contributed by atoms with E-state index in [0.717, 1.165) is 24.2 Å². The molecule has 2 fully saturated rings. The van der Waals surface area contributed by atoms with Crippen molar-refractivity contribution < 1.29 is 19.2 Å². The van der Waals surface area contributed by atoms with E-state index in [4.69, 9.17) is 4.74 Å². The van der Waals surface area contributed by atoms with Gasteiger partial charge in [0.1, 0.15) is 6.04 Å². The van der Waals surface area contributed by atoms with Crippen LogP contribution in [0.15, 0.2) is 48.5 Å². The first-order chi connectivity index (χ1) is 17.9. The summed E-state index contributed by atoms with van der Waals surface area (Å²) < 4.78 is 5.35. The van der Waals surface area contributed by atoms with Crippen LogP contribution in [0, 0.1) is 17.0 Å². The summed E-state index contributed by atoms with van der Waals surface area (Å²) in [7, 11) is 1.64. The van der Waals surface area contributed by atoms with Crippen molar-refractivity contribution in [1.82, 2.24) is 20.0 Å². The molecular formula is C27H35N5O5. The lowest BCUT2D eigenvalue weighted by molar-refractivity contribution is -0.384. The van der Waals surface area contributed by atoms with E-state index >= 15 is 0 Å². The summed E-state index contributed by atoms with van der Waals surface area (Å²) >= 11 is 0. The first-order valence-corrected chi connectivity index (χ1v) is 12.7. The van der Waals surface area contributed by atoms with E-state index in [1.807, 2.05) is 36.1 Å². The molecule has 2 aliphatic rings. The number of hydrogen-bond acceptors (Lipinski definition) is 7. The van der Waals surface area contributed by atoms with Crippen molar-refractivity contribution in [3.63, 3.8) is 0 Å². The maximum absolute atomic E-state index is 13.6. The Kier molecular flexibility index (Phi) is 8.86. The molecule has 37 heavy (non-hydrogen) atoms. The molecule has 0 radical (unpaired) electrons. The minimum absolute atomic E-state index is 0.00788. The number of amides is 2. The topological polar surface area (TPSA) is 108 Å². The van der Waals surface area contributed by atoms with Crippen LogP contribution in [0.3, 0.4) is 0 Å². The molecule has 0 saturated carbocycles. The Hall–Kier alpha value is -3.34. The Balaban J connectivity index is 1.58. The molecule has 1 N–H and O–H groups in total. The molecule has 2 aliphatic heterocycles. The van der Waals surface area contributed by atoms with E-state index < -0.39 is 11.0 Å². The average molecular weight is 510 g/mol. The number of carbonyl (C=O) groups is 2. The number of benzene rings is 2. The number of rotatable bonds is 9. The van der Waals surface area contributed by atoms with Crippen molar-refractivity contribution >= 4 is 17.5 Å². The van der Waals surface area contributed by atoms with Crippen LogP contribution in [0.1, 0.15) is 27.9 Å². The monoisotopic (exact) mass is 509 g/mol. The Bertz CT molecular complexity index is 1090. The number of piperazine rings is 1. The fraction of sp³-hybridized carbons (Fsp3) is 0.481. The highest BCUT2D eigenvalue weighted by molar-refractivity contribution is 5.98. The van der Waals surface area contributed by atoms with Crippen molar-refractivity contribution in [2.24, 2.45) is 0 Å². The average Bonchev–Trinajstić information content (AvgIpc) is 3.37. The molecule has 2 saturated heterocycles. The van der Waals surface area contributed by atoms with Crippen molar-refractivity contribution in [2.75, 3.05) is 53.0 Å². The largest absolute Gasteiger partial charge is 0.383 e. The molecule has 2 unspecified atom stereocenters. The highest BCUT2D eigenvalue weighted by Gasteiger charge is 2.43. The number of ether oxygens (including phenoxy) is 1. The summed E-state index contributed by atoms with van der Waals surface area (Å²) in [6, 6.07) is 13.4. The summed E-state index contributed by atoms with van der Waals surface area (Å²) in [5.41, 5.74) is 2.61. The molecule has 2 atom stereocenters. The van der Waals surface area contributed by atoms with E-state index in [0.29, 0.717) is 51.3 Å². The third-order valence-corrected chi connectivity index (χ3v) is 7.18. The second-order valence-electron chi connectivity index (χ2n) is 9.69.